The lowest BCUT2D eigenvalue weighted by molar-refractivity contribution is -0.117. The predicted octanol–water partition coefficient (Wildman–Crippen LogP) is 1.51. The summed E-state index contributed by atoms with van der Waals surface area (Å²) in [6.45, 7) is -0.0926. The Hall–Kier alpha value is -3.16. The van der Waals surface area contributed by atoms with Crippen LogP contribution < -0.4 is 5.32 Å². The number of benzene rings is 1. The Bertz CT molecular complexity index is 772. The van der Waals surface area contributed by atoms with Crippen molar-refractivity contribution >= 4 is 11.6 Å². The molecular weight excluding hydrogens is 287 g/mol. The molecule has 1 aromatic carbocycles. The van der Waals surface area contributed by atoms with Gasteiger partial charge in [0.25, 0.3) is 0 Å². The maximum atomic E-state index is 12.8. The highest BCUT2D eigenvalue weighted by atomic mass is 19.1. The number of aromatic nitrogens is 5. The highest BCUT2D eigenvalue weighted by molar-refractivity contribution is 5.90. The van der Waals surface area contributed by atoms with Crippen molar-refractivity contribution in [2.24, 2.45) is 0 Å². The Kier molecular flexibility index (Phi) is 3.82. The molecule has 3 aromatic rings. The van der Waals surface area contributed by atoms with E-state index in [1.807, 2.05) is 0 Å². The number of carbonyl (C=O) groups excluding carboxylic acids is 1. The summed E-state index contributed by atoms with van der Waals surface area (Å²) < 4.78 is 12.8. The van der Waals surface area contributed by atoms with Crippen LogP contribution in [0.3, 0.4) is 0 Å². The van der Waals surface area contributed by atoms with Crippen LogP contribution in [0.5, 0.6) is 0 Å². The number of anilines is 1. The van der Waals surface area contributed by atoms with Crippen LogP contribution in [0.1, 0.15) is 0 Å². The van der Waals surface area contributed by atoms with Crippen LogP contribution in [0, 0.1) is 5.82 Å². The number of rotatable bonds is 4. The molecule has 0 aliphatic heterocycles. The second-order valence-corrected chi connectivity index (χ2v) is 4.44. The normalized spacial score (nSPS) is 10.4. The van der Waals surface area contributed by atoms with E-state index in [0.717, 1.165) is 0 Å². The van der Waals surface area contributed by atoms with Gasteiger partial charge in [-0.05, 0) is 41.6 Å². The summed E-state index contributed by atoms with van der Waals surface area (Å²) in [5.41, 5.74) is 1.21. The van der Waals surface area contributed by atoms with E-state index in [4.69, 9.17) is 0 Å². The molecule has 110 valence electrons. The van der Waals surface area contributed by atoms with Crippen LogP contribution in [0.15, 0.2) is 48.8 Å². The van der Waals surface area contributed by atoms with Gasteiger partial charge in [0, 0.05) is 23.6 Å². The molecule has 2 aromatic heterocycles. The monoisotopic (exact) mass is 298 g/mol. The van der Waals surface area contributed by atoms with Crippen molar-refractivity contribution in [2.45, 2.75) is 6.54 Å². The third-order valence-electron chi connectivity index (χ3n) is 2.79. The topological polar surface area (TPSA) is 85.6 Å². The SMILES string of the molecule is O=C(Cn1nnc(-c2cccnc2)n1)Nc1ccc(F)cc1. The lowest BCUT2D eigenvalue weighted by atomic mass is 10.3. The minimum absolute atomic E-state index is 0.0926. The van der Waals surface area contributed by atoms with Crippen LogP contribution in [0.25, 0.3) is 11.4 Å². The quantitative estimate of drug-likeness (QED) is 0.789. The highest BCUT2D eigenvalue weighted by Gasteiger charge is 2.09. The third kappa shape index (κ3) is 3.29. The number of amides is 1. The van der Waals surface area contributed by atoms with Crippen molar-refractivity contribution in [3.63, 3.8) is 0 Å². The lowest BCUT2D eigenvalue weighted by Gasteiger charge is -2.03. The fraction of sp³-hybridized carbons (Fsp3) is 0.0714. The van der Waals surface area contributed by atoms with Crippen LogP contribution >= 0.6 is 0 Å². The number of hydrogen-bond donors (Lipinski definition) is 1. The summed E-state index contributed by atoms with van der Waals surface area (Å²) in [5, 5.41) is 14.4. The molecule has 1 N–H and O–H groups in total. The Morgan fingerprint density at radius 2 is 2.05 bits per heavy atom. The lowest BCUT2D eigenvalue weighted by Crippen LogP contribution is -2.20. The molecule has 2 heterocycles. The minimum atomic E-state index is -0.364. The maximum Gasteiger partial charge on any atom is 0.248 e. The van der Waals surface area contributed by atoms with Crippen molar-refractivity contribution < 1.29 is 9.18 Å². The fourth-order valence-electron chi connectivity index (χ4n) is 1.78. The average molecular weight is 298 g/mol. The van der Waals surface area contributed by atoms with Crippen LogP contribution in [0.4, 0.5) is 10.1 Å². The zero-order valence-electron chi connectivity index (χ0n) is 11.3. The van der Waals surface area contributed by atoms with E-state index in [1.165, 1.54) is 29.1 Å². The van der Waals surface area contributed by atoms with E-state index < -0.39 is 0 Å². The molecule has 3 rings (SSSR count). The number of hydrogen-bond acceptors (Lipinski definition) is 5. The molecule has 0 fully saturated rings. The molecule has 0 saturated heterocycles. The molecule has 8 heteroatoms. The molecule has 1 amide bonds. The van der Waals surface area contributed by atoms with E-state index in [0.29, 0.717) is 17.1 Å². The van der Waals surface area contributed by atoms with Crippen molar-refractivity contribution in [1.29, 1.82) is 0 Å². The molecule has 0 saturated carbocycles. The fourth-order valence-corrected chi connectivity index (χ4v) is 1.78. The summed E-state index contributed by atoms with van der Waals surface area (Å²) in [6, 6.07) is 9.05. The smallest absolute Gasteiger partial charge is 0.248 e. The Balaban J connectivity index is 1.65. The Morgan fingerprint density at radius 3 is 2.77 bits per heavy atom. The minimum Gasteiger partial charge on any atom is -0.324 e. The Labute approximate surface area is 124 Å². The van der Waals surface area contributed by atoms with Gasteiger partial charge in [-0.15, -0.1) is 10.2 Å². The van der Waals surface area contributed by atoms with Gasteiger partial charge < -0.3 is 5.32 Å². The molecular formula is C14H11FN6O. The first-order chi connectivity index (χ1) is 10.7. The van der Waals surface area contributed by atoms with E-state index in [2.05, 4.69) is 25.7 Å². The first-order valence-corrected chi connectivity index (χ1v) is 6.44. The number of tetrazole rings is 1. The number of pyridine rings is 1. The van der Waals surface area contributed by atoms with E-state index in [1.54, 1.807) is 24.5 Å². The number of nitrogens with zero attached hydrogens (tertiary/aromatic N) is 5. The number of nitrogens with one attached hydrogen (secondary N) is 1. The van der Waals surface area contributed by atoms with Crippen molar-refractivity contribution in [1.82, 2.24) is 25.2 Å². The van der Waals surface area contributed by atoms with E-state index in [9.17, 15) is 9.18 Å². The molecule has 0 atom stereocenters. The molecule has 7 nitrogen and oxygen atoms in total. The van der Waals surface area contributed by atoms with E-state index >= 15 is 0 Å². The molecule has 0 spiro atoms. The summed E-state index contributed by atoms with van der Waals surface area (Å²) >= 11 is 0. The largest absolute Gasteiger partial charge is 0.324 e. The standard InChI is InChI=1S/C14H11FN6O/c15-11-3-5-12(6-4-11)17-13(22)9-21-19-14(18-20-21)10-2-1-7-16-8-10/h1-8H,9H2,(H,17,22). The molecule has 0 aliphatic carbocycles. The first-order valence-electron chi connectivity index (χ1n) is 6.44. The van der Waals surface area contributed by atoms with Crippen molar-refractivity contribution in [2.75, 3.05) is 5.32 Å². The second-order valence-electron chi connectivity index (χ2n) is 4.44. The maximum absolute atomic E-state index is 12.8. The van der Waals surface area contributed by atoms with Gasteiger partial charge >= 0.3 is 0 Å². The number of halogens is 1. The first kappa shape index (κ1) is 13.8. The van der Waals surface area contributed by atoms with Gasteiger partial charge in [0.05, 0.1) is 0 Å². The zero-order valence-corrected chi connectivity index (χ0v) is 11.3. The van der Waals surface area contributed by atoms with Crippen LogP contribution in [-0.2, 0) is 11.3 Å². The second kappa shape index (κ2) is 6.08. The summed E-state index contributed by atoms with van der Waals surface area (Å²) in [5.74, 6) is -0.304. The van der Waals surface area contributed by atoms with Gasteiger partial charge in [0.1, 0.15) is 12.4 Å². The van der Waals surface area contributed by atoms with Gasteiger partial charge in [-0.2, -0.15) is 4.80 Å². The van der Waals surface area contributed by atoms with Gasteiger partial charge in [0.15, 0.2) is 0 Å². The average Bonchev–Trinajstić information content (AvgIpc) is 2.99. The molecule has 22 heavy (non-hydrogen) atoms. The third-order valence-corrected chi connectivity index (χ3v) is 2.79. The summed E-state index contributed by atoms with van der Waals surface area (Å²) in [7, 11) is 0. The molecule has 0 unspecified atom stereocenters. The van der Waals surface area contributed by atoms with Gasteiger partial charge in [-0.1, -0.05) is 0 Å². The predicted molar refractivity (Wildman–Crippen MR) is 76.1 cm³/mol. The molecule has 0 radical (unpaired) electrons. The summed E-state index contributed by atoms with van der Waals surface area (Å²) in [6.07, 6.45) is 3.25. The molecule has 0 bridgehead atoms. The van der Waals surface area contributed by atoms with Gasteiger partial charge in [0.2, 0.25) is 11.7 Å². The van der Waals surface area contributed by atoms with Crippen molar-refractivity contribution in [3.05, 3.63) is 54.6 Å². The van der Waals surface area contributed by atoms with Gasteiger partial charge in [-0.25, -0.2) is 4.39 Å². The van der Waals surface area contributed by atoms with Gasteiger partial charge in [-0.3, -0.25) is 9.78 Å². The van der Waals surface area contributed by atoms with E-state index in [-0.39, 0.29) is 18.3 Å². The number of carbonyl (C=O) groups is 1. The summed E-state index contributed by atoms with van der Waals surface area (Å²) in [4.78, 5) is 17.0. The molecule has 0 aliphatic rings. The van der Waals surface area contributed by atoms with Crippen molar-refractivity contribution in [3.8, 4) is 11.4 Å². The highest BCUT2D eigenvalue weighted by Crippen LogP contribution is 2.11. The van der Waals surface area contributed by atoms with Crippen LogP contribution in [0.2, 0.25) is 0 Å². The zero-order chi connectivity index (χ0) is 15.4. The van der Waals surface area contributed by atoms with Crippen LogP contribution in [-0.4, -0.2) is 31.1 Å². The Morgan fingerprint density at radius 1 is 1.23 bits per heavy atom.